The molecule has 0 bridgehead atoms. The maximum atomic E-state index is 2.43. The van der Waals surface area contributed by atoms with E-state index < -0.39 is 0 Å². The van der Waals surface area contributed by atoms with Gasteiger partial charge in [0.25, 0.3) is 0 Å². The average molecular weight is 625 g/mol. The molecule has 8 rings (SSSR count). The van der Waals surface area contributed by atoms with Gasteiger partial charge in [0.2, 0.25) is 0 Å². The average Bonchev–Trinajstić information content (AvgIpc) is 3.56. The molecule has 2 heterocycles. The summed E-state index contributed by atoms with van der Waals surface area (Å²) in [5, 5.41) is 5.23. The van der Waals surface area contributed by atoms with Gasteiger partial charge < -0.3 is 9.13 Å². The van der Waals surface area contributed by atoms with Crippen molar-refractivity contribution >= 4 is 43.6 Å². The largest absolute Gasteiger partial charge is 0.309 e. The van der Waals surface area contributed by atoms with Gasteiger partial charge in [-0.25, -0.2) is 0 Å². The van der Waals surface area contributed by atoms with E-state index in [9.17, 15) is 0 Å². The second-order valence-corrected chi connectivity index (χ2v) is 16.0. The van der Waals surface area contributed by atoms with Gasteiger partial charge in [0.1, 0.15) is 0 Å². The molecule has 0 saturated carbocycles. The monoisotopic (exact) mass is 624 g/mol. The van der Waals surface area contributed by atoms with Crippen LogP contribution in [0.2, 0.25) is 0 Å². The summed E-state index contributed by atoms with van der Waals surface area (Å²) in [6.45, 7) is 13.9. The molecule has 2 nitrogen and oxygen atoms in total. The molecule has 0 radical (unpaired) electrons. The van der Waals surface area contributed by atoms with Crippen molar-refractivity contribution in [1.82, 2.24) is 9.13 Å². The molecule has 0 N–H and O–H groups in total. The third-order valence-corrected chi connectivity index (χ3v) is 9.48. The fourth-order valence-electron chi connectivity index (χ4n) is 7.69. The summed E-state index contributed by atoms with van der Waals surface area (Å²) in [5.74, 6) is 0. The van der Waals surface area contributed by atoms with Crippen LogP contribution in [0.4, 0.5) is 0 Å². The Hall–Kier alpha value is -5.08. The third-order valence-electron chi connectivity index (χ3n) is 9.48. The van der Waals surface area contributed by atoms with Crippen molar-refractivity contribution in [3.63, 3.8) is 0 Å². The molecular weight excluding hydrogens is 581 g/mol. The summed E-state index contributed by atoms with van der Waals surface area (Å²) in [5.41, 5.74) is 13.0. The molecule has 2 aromatic heterocycles. The third kappa shape index (κ3) is 5.50. The highest BCUT2D eigenvalue weighted by Gasteiger charge is 2.18. The van der Waals surface area contributed by atoms with Crippen LogP contribution < -0.4 is 0 Å². The van der Waals surface area contributed by atoms with Crippen LogP contribution >= 0.6 is 0 Å². The first kappa shape index (κ1) is 30.3. The number of benzene rings is 6. The van der Waals surface area contributed by atoms with Gasteiger partial charge in [0.15, 0.2) is 0 Å². The maximum Gasteiger partial charge on any atom is 0.0541 e. The lowest BCUT2D eigenvalue weighted by molar-refractivity contribution is 0.411. The van der Waals surface area contributed by atoms with Crippen LogP contribution in [0.25, 0.3) is 66.1 Å². The minimum atomic E-state index is 0.239. The lowest BCUT2D eigenvalue weighted by Crippen LogP contribution is -2.08. The first-order valence-electron chi connectivity index (χ1n) is 17.3. The molecule has 0 saturated heterocycles. The topological polar surface area (TPSA) is 9.86 Å². The van der Waals surface area contributed by atoms with Crippen LogP contribution in [0.5, 0.6) is 0 Å². The minimum Gasteiger partial charge on any atom is -0.309 e. The lowest BCUT2D eigenvalue weighted by Gasteiger charge is -2.18. The van der Waals surface area contributed by atoms with Crippen LogP contribution in [-0.4, -0.2) is 9.13 Å². The van der Waals surface area contributed by atoms with Crippen LogP contribution in [-0.2, 0) is 12.8 Å². The Morgan fingerprint density at radius 3 is 1.19 bits per heavy atom. The van der Waals surface area contributed by atoms with Gasteiger partial charge in [0, 0.05) is 32.9 Å². The molecule has 0 aliphatic rings. The van der Waals surface area contributed by atoms with E-state index in [0.29, 0.717) is 0 Å². The standard InChI is InChI=1S/C46H44N2/c1-45(2,3)29-31-21-23-43-39(25-31)37-17-7-9-19-41(37)47(43)35-15-11-13-33(27-35)34-14-12-16-36(28-34)48-42-20-10-8-18-38(42)40-26-32(22-24-44(40)48)30-46(4,5)6/h7-28H,29-30H2,1-6H3. The lowest BCUT2D eigenvalue weighted by atomic mass is 9.88. The van der Waals surface area contributed by atoms with Crippen LogP contribution in [0.1, 0.15) is 52.7 Å². The van der Waals surface area contributed by atoms with Gasteiger partial charge >= 0.3 is 0 Å². The molecule has 0 spiro atoms. The summed E-state index contributed by atoms with van der Waals surface area (Å²) in [7, 11) is 0. The number of rotatable bonds is 5. The van der Waals surface area contributed by atoms with Gasteiger partial charge in [-0.2, -0.15) is 0 Å². The molecule has 0 atom stereocenters. The molecule has 238 valence electrons. The number of hydrogen-bond donors (Lipinski definition) is 0. The molecule has 0 unspecified atom stereocenters. The van der Waals surface area contributed by atoms with E-state index in [-0.39, 0.29) is 10.8 Å². The molecule has 48 heavy (non-hydrogen) atoms. The summed E-state index contributed by atoms with van der Waals surface area (Å²) < 4.78 is 4.86. The summed E-state index contributed by atoms with van der Waals surface area (Å²) in [6, 6.07) is 49.8. The van der Waals surface area contributed by atoms with Gasteiger partial charge in [-0.05, 0) is 107 Å². The molecule has 6 aromatic carbocycles. The Morgan fingerprint density at radius 1 is 0.375 bits per heavy atom. The van der Waals surface area contributed by atoms with Gasteiger partial charge in [-0.3, -0.25) is 0 Å². The van der Waals surface area contributed by atoms with Crippen molar-refractivity contribution in [3.05, 3.63) is 145 Å². The highest BCUT2D eigenvalue weighted by atomic mass is 15.0. The van der Waals surface area contributed by atoms with Crippen LogP contribution in [0.3, 0.4) is 0 Å². The first-order valence-corrected chi connectivity index (χ1v) is 17.3. The van der Waals surface area contributed by atoms with Crippen molar-refractivity contribution in [2.24, 2.45) is 10.8 Å². The van der Waals surface area contributed by atoms with E-state index in [4.69, 9.17) is 0 Å². The Labute approximate surface area is 284 Å². The fourth-order valence-corrected chi connectivity index (χ4v) is 7.69. The second kappa shape index (κ2) is 11.3. The second-order valence-electron chi connectivity index (χ2n) is 16.0. The number of aromatic nitrogens is 2. The predicted octanol–water partition coefficient (Wildman–Crippen LogP) is 12.7. The van der Waals surface area contributed by atoms with E-state index in [0.717, 1.165) is 12.8 Å². The molecular formula is C46H44N2. The molecule has 0 fully saturated rings. The zero-order valence-corrected chi connectivity index (χ0v) is 29.0. The van der Waals surface area contributed by atoms with E-state index >= 15 is 0 Å². The highest BCUT2D eigenvalue weighted by molar-refractivity contribution is 6.10. The van der Waals surface area contributed by atoms with Gasteiger partial charge in [-0.15, -0.1) is 0 Å². The van der Waals surface area contributed by atoms with Crippen molar-refractivity contribution in [1.29, 1.82) is 0 Å². The van der Waals surface area contributed by atoms with Gasteiger partial charge in [-0.1, -0.05) is 114 Å². The van der Waals surface area contributed by atoms with Crippen molar-refractivity contribution < 1.29 is 0 Å². The molecule has 0 aliphatic carbocycles. The number of fused-ring (bicyclic) bond motifs is 6. The minimum absolute atomic E-state index is 0.239. The number of para-hydroxylation sites is 2. The van der Waals surface area contributed by atoms with Crippen molar-refractivity contribution in [3.8, 4) is 22.5 Å². The van der Waals surface area contributed by atoms with Crippen LogP contribution in [0.15, 0.2) is 133 Å². The van der Waals surface area contributed by atoms with Crippen LogP contribution in [0, 0.1) is 10.8 Å². The highest BCUT2D eigenvalue weighted by Crippen LogP contribution is 2.37. The van der Waals surface area contributed by atoms with E-state index in [1.807, 2.05) is 0 Å². The Morgan fingerprint density at radius 2 is 0.771 bits per heavy atom. The van der Waals surface area contributed by atoms with Gasteiger partial charge in [0.05, 0.1) is 22.1 Å². The Bertz CT molecular complexity index is 2300. The first-order chi connectivity index (χ1) is 23.0. The molecule has 0 amide bonds. The zero-order valence-electron chi connectivity index (χ0n) is 29.0. The van der Waals surface area contributed by atoms with E-state index in [1.165, 1.54) is 77.2 Å². The number of hydrogen-bond acceptors (Lipinski definition) is 0. The SMILES string of the molecule is CC(C)(C)Cc1ccc2c(c1)c1ccccc1n2-c1cccc(-c2cccc(-n3c4ccccc4c4cc(CC(C)(C)C)ccc43)c2)c1. The molecule has 2 heteroatoms. The maximum absolute atomic E-state index is 2.43. The Balaban J connectivity index is 1.24. The molecule has 0 aliphatic heterocycles. The fraction of sp³-hybridized carbons (Fsp3) is 0.217. The van der Waals surface area contributed by atoms with Crippen molar-refractivity contribution in [2.45, 2.75) is 54.4 Å². The zero-order chi connectivity index (χ0) is 33.2. The quantitative estimate of drug-likeness (QED) is 0.180. The summed E-state index contributed by atoms with van der Waals surface area (Å²) in [4.78, 5) is 0. The van der Waals surface area contributed by atoms with Crippen molar-refractivity contribution in [2.75, 3.05) is 0 Å². The summed E-state index contributed by atoms with van der Waals surface area (Å²) in [6.07, 6.45) is 2.11. The van der Waals surface area contributed by atoms with E-state index in [1.54, 1.807) is 0 Å². The van der Waals surface area contributed by atoms with E-state index in [2.05, 4.69) is 184 Å². The predicted molar refractivity (Wildman–Crippen MR) is 207 cm³/mol. The Kier molecular flexibility index (Phi) is 7.11. The summed E-state index contributed by atoms with van der Waals surface area (Å²) >= 11 is 0. The normalized spacial score (nSPS) is 12.5. The smallest absolute Gasteiger partial charge is 0.0541 e. The molecule has 8 aromatic rings. The number of nitrogens with zero attached hydrogens (tertiary/aromatic N) is 2.